The van der Waals surface area contributed by atoms with Crippen LogP contribution in [-0.4, -0.2) is 44.6 Å². The van der Waals surface area contributed by atoms with Crippen LogP contribution in [0, 0.1) is 0 Å². The maximum atomic E-state index is 11.4. The summed E-state index contributed by atoms with van der Waals surface area (Å²) in [6.45, 7) is 11.3. The number of rotatable bonds is 6. The number of hydrogen-bond donors (Lipinski definition) is 0. The molecule has 8 heteroatoms. The van der Waals surface area contributed by atoms with Gasteiger partial charge in [0.15, 0.2) is 8.32 Å². The molecule has 7 nitrogen and oxygen atoms in total. The quantitative estimate of drug-likeness (QED) is 0.322. The fourth-order valence-electron chi connectivity index (χ4n) is 1.52. The molecule has 1 rings (SSSR count). The highest BCUT2D eigenvalue weighted by molar-refractivity contribution is 6.74. The van der Waals surface area contributed by atoms with E-state index in [0.717, 1.165) is 0 Å². The Hall–Kier alpha value is -1.41. The van der Waals surface area contributed by atoms with E-state index in [4.69, 9.17) is 9.16 Å². The summed E-state index contributed by atoms with van der Waals surface area (Å²) in [6.07, 6.45) is -0.390. The van der Waals surface area contributed by atoms with Gasteiger partial charge in [0.05, 0.1) is 6.61 Å². The molecule has 0 N–H and O–H groups in total. The molecule has 2 amide bonds. The van der Waals surface area contributed by atoms with Crippen LogP contribution in [0.2, 0.25) is 18.1 Å². The molecule has 0 bridgehead atoms. The Morgan fingerprint density at radius 3 is 2.18 bits per heavy atom. The van der Waals surface area contributed by atoms with Gasteiger partial charge in [-0.05, 0) is 18.1 Å². The fraction of sp³-hybridized carbons (Fsp3) is 0.786. The number of carbonyl (C=O) groups excluding carboxylic acids is 3. The molecule has 0 spiro atoms. The lowest BCUT2D eigenvalue weighted by atomic mass is 10.2. The van der Waals surface area contributed by atoms with E-state index >= 15 is 0 Å². The first-order valence-electron chi connectivity index (χ1n) is 7.39. The largest absolute Gasteiger partial charge is 0.533 e. The van der Waals surface area contributed by atoms with Gasteiger partial charge in [-0.15, -0.1) is 0 Å². The maximum absolute atomic E-state index is 11.4. The van der Waals surface area contributed by atoms with Crippen molar-refractivity contribution in [1.82, 2.24) is 5.06 Å². The van der Waals surface area contributed by atoms with Crippen LogP contribution in [0.3, 0.4) is 0 Å². The topological polar surface area (TPSA) is 82.1 Å². The third-order valence-corrected chi connectivity index (χ3v) is 8.49. The fourth-order valence-corrected chi connectivity index (χ4v) is 2.60. The second kappa shape index (κ2) is 7.23. The molecule has 1 fully saturated rings. The Morgan fingerprint density at radius 2 is 1.68 bits per heavy atom. The molecular formula is C14H25NO6Si. The lowest BCUT2D eigenvalue weighted by Gasteiger charge is -2.36. The summed E-state index contributed by atoms with van der Waals surface area (Å²) in [5.74, 6) is -1.05. The third-order valence-electron chi connectivity index (χ3n) is 3.95. The van der Waals surface area contributed by atoms with Crippen LogP contribution >= 0.6 is 0 Å². The number of nitrogens with zero attached hydrogens (tertiary/aromatic N) is 1. The normalized spacial score (nSPS) is 16.1. The summed E-state index contributed by atoms with van der Waals surface area (Å²) >= 11 is 0. The third kappa shape index (κ3) is 5.10. The molecule has 0 aliphatic carbocycles. The second-order valence-electron chi connectivity index (χ2n) is 6.73. The van der Waals surface area contributed by atoms with Gasteiger partial charge in [0.2, 0.25) is 0 Å². The van der Waals surface area contributed by atoms with Crippen LogP contribution in [-0.2, 0) is 23.6 Å². The average Bonchev–Trinajstić information content (AvgIpc) is 2.68. The first-order chi connectivity index (χ1) is 10.0. The predicted octanol–water partition coefficient (Wildman–Crippen LogP) is 2.62. The van der Waals surface area contributed by atoms with Gasteiger partial charge in [-0.2, -0.15) is 0 Å². The highest BCUT2D eigenvalue weighted by Crippen LogP contribution is 2.36. The number of amides is 2. The van der Waals surface area contributed by atoms with Gasteiger partial charge in [0, 0.05) is 25.9 Å². The standard InChI is InChI=1S/C14H25NO6Si/c1-14(2,3)22(4,5)20-10-6-9-19-13(18)21-15-11(16)7-8-12(15)17/h6-10H2,1-5H3. The molecule has 126 valence electrons. The van der Waals surface area contributed by atoms with Crippen LogP contribution in [0.5, 0.6) is 0 Å². The summed E-state index contributed by atoms with van der Waals surface area (Å²) in [7, 11) is -1.80. The van der Waals surface area contributed by atoms with Crippen molar-refractivity contribution in [2.24, 2.45) is 0 Å². The molecule has 1 saturated heterocycles. The van der Waals surface area contributed by atoms with Gasteiger partial charge in [-0.25, -0.2) is 4.79 Å². The minimum atomic E-state index is -1.80. The van der Waals surface area contributed by atoms with Crippen LogP contribution in [0.1, 0.15) is 40.0 Å². The van der Waals surface area contributed by atoms with Crippen molar-refractivity contribution in [3.05, 3.63) is 0 Å². The zero-order valence-corrected chi connectivity index (χ0v) is 14.9. The van der Waals surface area contributed by atoms with E-state index < -0.39 is 26.3 Å². The zero-order chi connectivity index (χ0) is 17.0. The molecule has 0 aromatic carbocycles. The lowest BCUT2D eigenvalue weighted by Crippen LogP contribution is -2.41. The molecular weight excluding hydrogens is 306 g/mol. The SMILES string of the molecule is CC(C)(C)[Si](C)(C)OCCCOC(=O)ON1C(=O)CCC1=O. The number of hydroxylamine groups is 2. The van der Waals surface area contributed by atoms with Gasteiger partial charge >= 0.3 is 6.16 Å². The summed E-state index contributed by atoms with van der Waals surface area (Å²) in [5.41, 5.74) is 0. The Morgan fingerprint density at radius 1 is 1.14 bits per heavy atom. The number of ether oxygens (including phenoxy) is 1. The Bertz CT molecular complexity index is 427. The molecule has 0 aromatic heterocycles. The summed E-state index contributed by atoms with van der Waals surface area (Å²) in [4.78, 5) is 38.5. The van der Waals surface area contributed by atoms with Crippen molar-refractivity contribution in [3.63, 3.8) is 0 Å². The second-order valence-corrected chi connectivity index (χ2v) is 11.5. The lowest BCUT2D eigenvalue weighted by molar-refractivity contribution is -0.177. The Balaban J connectivity index is 2.21. The average molecular weight is 331 g/mol. The van der Waals surface area contributed by atoms with E-state index in [1.165, 1.54) is 0 Å². The van der Waals surface area contributed by atoms with Crippen molar-refractivity contribution >= 4 is 26.3 Å². The summed E-state index contributed by atoms with van der Waals surface area (Å²) in [6, 6.07) is 0. The van der Waals surface area contributed by atoms with E-state index in [0.29, 0.717) is 18.1 Å². The van der Waals surface area contributed by atoms with Crippen molar-refractivity contribution in [2.75, 3.05) is 13.2 Å². The van der Waals surface area contributed by atoms with Crippen LogP contribution in [0.15, 0.2) is 0 Å². The minimum absolute atomic E-state index is 0.0620. The van der Waals surface area contributed by atoms with E-state index in [1.54, 1.807) is 0 Å². The van der Waals surface area contributed by atoms with E-state index in [-0.39, 0.29) is 24.5 Å². The molecule has 1 heterocycles. The Labute approximate surface area is 132 Å². The number of hydrogen-bond acceptors (Lipinski definition) is 6. The molecule has 1 aliphatic heterocycles. The monoisotopic (exact) mass is 331 g/mol. The summed E-state index contributed by atoms with van der Waals surface area (Å²) < 4.78 is 10.8. The van der Waals surface area contributed by atoms with E-state index in [2.05, 4.69) is 38.7 Å². The highest BCUT2D eigenvalue weighted by atomic mass is 28.4. The first kappa shape index (κ1) is 18.6. The van der Waals surface area contributed by atoms with Gasteiger partial charge in [0.25, 0.3) is 11.8 Å². The zero-order valence-electron chi connectivity index (χ0n) is 13.9. The van der Waals surface area contributed by atoms with Gasteiger partial charge in [-0.3, -0.25) is 14.4 Å². The minimum Gasteiger partial charge on any atom is -0.433 e. The molecule has 0 aromatic rings. The van der Waals surface area contributed by atoms with E-state index in [1.807, 2.05) is 0 Å². The molecule has 0 atom stereocenters. The molecule has 0 unspecified atom stereocenters. The van der Waals surface area contributed by atoms with Crippen molar-refractivity contribution in [1.29, 1.82) is 0 Å². The summed E-state index contributed by atoms with van der Waals surface area (Å²) in [5, 5.41) is 0.595. The van der Waals surface area contributed by atoms with Gasteiger partial charge in [-0.1, -0.05) is 25.8 Å². The van der Waals surface area contributed by atoms with Gasteiger partial charge < -0.3 is 9.16 Å². The first-order valence-corrected chi connectivity index (χ1v) is 10.3. The van der Waals surface area contributed by atoms with Gasteiger partial charge in [0.1, 0.15) is 0 Å². The predicted molar refractivity (Wildman–Crippen MR) is 81.3 cm³/mol. The number of carbonyl (C=O) groups is 3. The number of imide groups is 1. The Kier molecular flexibility index (Phi) is 6.13. The maximum Gasteiger partial charge on any atom is 0.533 e. The van der Waals surface area contributed by atoms with Crippen LogP contribution in [0.25, 0.3) is 0 Å². The molecule has 0 saturated carbocycles. The van der Waals surface area contributed by atoms with E-state index in [9.17, 15) is 14.4 Å². The molecule has 0 radical (unpaired) electrons. The molecule has 22 heavy (non-hydrogen) atoms. The highest BCUT2D eigenvalue weighted by Gasteiger charge is 2.37. The van der Waals surface area contributed by atoms with Crippen molar-refractivity contribution < 1.29 is 28.4 Å². The molecule has 1 aliphatic rings. The van der Waals surface area contributed by atoms with Crippen molar-refractivity contribution in [2.45, 2.75) is 58.2 Å². The van der Waals surface area contributed by atoms with Crippen LogP contribution < -0.4 is 0 Å². The van der Waals surface area contributed by atoms with Crippen LogP contribution in [0.4, 0.5) is 4.79 Å². The smallest absolute Gasteiger partial charge is 0.433 e. The van der Waals surface area contributed by atoms with Crippen molar-refractivity contribution in [3.8, 4) is 0 Å².